The lowest BCUT2D eigenvalue weighted by Gasteiger charge is -2.45. The third-order valence-corrected chi connectivity index (χ3v) is 6.37. The van der Waals surface area contributed by atoms with Crippen LogP contribution in [0, 0.1) is 11.7 Å². The zero-order valence-corrected chi connectivity index (χ0v) is 15.5. The number of hydrogen-bond acceptors (Lipinski definition) is 3. The van der Waals surface area contributed by atoms with Crippen molar-refractivity contribution in [2.24, 2.45) is 13.0 Å². The lowest BCUT2D eigenvalue weighted by atomic mass is 9.60. The van der Waals surface area contributed by atoms with E-state index in [0.717, 1.165) is 42.3 Å². The smallest absolute Gasteiger partial charge is 0.195 e. The van der Waals surface area contributed by atoms with E-state index in [4.69, 9.17) is 4.98 Å². The first kappa shape index (κ1) is 16.5. The Hall–Kier alpha value is -2.63. The molecule has 3 aliphatic rings. The summed E-state index contributed by atoms with van der Waals surface area (Å²) in [6.45, 7) is 0. The number of aromatic amines is 1. The maximum atomic E-state index is 14.3. The fourth-order valence-electron chi connectivity index (χ4n) is 4.76. The van der Waals surface area contributed by atoms with Crippen LogP contribution in [-0.2, 0) is 12.5 Å². The zero-order chi connectivity index (χ0) is 18.4. The number of halogens is 1. The van der Waals surface area contributed by atoms with Gasteiger partial charge in [0.1, 0.15) is 23.7 Å². The molecule has 6 rings (SSSR count). The van der Waals surface area contributed by atoms with Gasteiger partial charge in [-0.3, -0.25) is 0 Å². The zero-order valence-electron chi connectivity index (χ0n) is 15.5. The average Bonchev–Trinajstić information content (AvgIpc) is 3.16. The molecule has 1 aromatic carbocycles. The molecule has 2 bridgehead atoms. The van der Waals surface area contributed by atoms with Crippen LogP contribution < -0.4 is 4.68 Å². The molecule has 0 unspecified atom stereocenters. The number of H-pyrrole nitrogens is 1. The third-order valence-electron chi connectivity index (χ3n) is 6.37. The number of aryl methyl sites for hydroxylation is 1. The van der Waals surface area contributed by atoms with Crippen molar-refractivity contribution >= 4 is 0 Å². The Morgan fingerprint density at radius 2 is 1.81 bits per heavy atom. The molecule has 27 heavy (non-hydrogen) atoms. The number of fused-ring (bicyclic) bond motifs is 3. The van der Waals surface area contributed by atoms with Crippen LogP contribution in [-0.4, -0.2) is 20.1 Å². The van der Waals surface area contributed by atoms with Crippen LogP contribution in [0.2, 0.25) is 0 Å². The summed E-state index contributed by atoms with van der Waals surface area (Å²) in [5, 5.41) is 3.18. The van der Waals surface area contributed by atoms with Gasteiger partial charge in [-0.05, 0) is 62.6 Å². The highest BCUT2D eigenvalue weighted by Gasteiger charge is 2.43. The second kappa shape index (κ2) is 6.22. The van der Waals surface area contributed by atoms with Gasteiger partial charge in [0.25, 0.3) is 0 Å². The van der Waals surface area contributed by atoms with E-state index in [2.05, 4.69) is 15.1 Å². The molecular weight excluding hydrogens is 341 g/mol. The lowest BCUT2D eigenvalue weighted by molar-refractivity contribution is -0.726. The van der Waals surface area contributed by atoms with Crippen molar-refractivity contribution in [3.05, 3.63) is 48.4 Å². The summed E-state index contributed by atoms with van der Waals surface area (Å²) in [7, 11) is 1.90. The summed E-state index contributed by atoms with van der Waals surface area (Å²) in [5.74, 6) is 2.04. The van der Waals surface area contributed by atoms with Crippen LogP contribution >= 0.6 is 0 Å². The van der Waals surface area contributed by atoms with Crippen molar-refractivity contribution < 1.29 is 9.07 Å². The standard InChI is InChI=1S/C21H22FN5/c1-27-9-5-18(26-27)15-10-16(12-17(22)11-15)19-23-13-24-20(25-19)21-6-2-14(3-7-21)4-8-21/h5,9-14H,2-4,6-8H2,1H3/p+1. The summed E-state index contributed by atoms with van der Waals surface area (Å²) in [6.07, 6.45) is 10.8. The van der Waals surface area contributed by atoms with Crippen molar-refractivity contribution in [2.75, 3.05) is 0 Å². The monoisotopic (exact) mass is 364 g/mol. The molecule has 6 heteroatoms. The molecule has 0 saturated heterocycles. The second-order valence-electron chi connectivity index (χ2n) is 8.08. The van der Waals surface area contributed by atoms with Gasteiger partial charge in [0.05, 0.1) is 0 Å². The predicted molar refractivity (Wildman–Crippen MR) is 99.1 cm³/mol. The molecule has 138 valence electrons. The van der Waals surface area contributed by atoms with Crippen molar-refractivity contribution in [2.45, 2.75) is 43.9 Å². The first-order chi connectivity index (χ1) is 13.1. The molecule has 1 N–H and O–H groups in total. The van der Waals surface area contributed by atoms with Gasteiger partial charge in [-0.15, -0.1) is 4.68 Å². The number of benzene rings is 1. The van der Waals surface area contributed by atoms with Gasteiger partial charge in [-0.25, -0.2) is 19.3 Å². The van der Waals surface area contributed by atoms with E-state index in [1.165, 1.54) is 31.4 Å². The van der Waals surface area contributed by atoms with Crippen molar-refractivity contribution in [3.8, 4) is 22.6 Å². The molecule has 0 aliphatic heterocycles. The van der Waals surface area contributed by atoms with E-state index < -0.39 is 0 Å². The molecule has 0 spiro atoms. The number of rotatable bonds is 3. The summed E-state index contributed by atoms with van der Waals surface area (Å²) in [6, 6.07) is 6.89. The summed E-state index contributed by atoms with van der Waals surface area (Å²) >= 11 is 0. The van der Waals surface area contributed by atoms with E-state index in [9.17, 15) is 4.39 Å². The van der Waals surface area contributed by atoms with Crippen molar-refractivity contribution in [1.29, 1.82) is 0 Å². The van der Waals surface area contributed by atoms with E-state index in [0.29, 0.717) is 11.4 Å². The highest BCUT2D eigenvalue weighted by atomic mass is 19.1. The second-order valence-corrected chi connectivity index (χ2v) is 8.08. The predicted octanol–water partition coefficient (Wildman–Crippen LogP) is 3.72. The van der Waals surface area contributed by atoms with Gasteiger partial charge in [0.2, 0.25) is 0 Å². The van der Waals surface area contributed by atoms with Gasteiger partial charge in [0.15, 0.2) is 19.1 Å². The Kier molecular flexibility index (Phi) is 3.81. The van der Waals surface area contributed by atoms with Crippen LogP contribution in [0.15, 0.2) is 36.8 Å². The molecule has 5 nitrogen and oxygen atoms in total. The summed E-state index contributed by atoms with van der Waals surface area (Å²) in [4.78, 5) is 13.7. The minimum absolute atomic E-state index is 0.0931. The Balaban J connectivity index is 1.54. The van der Waals surface area contributed by atoms with Crippen LogP contribution in [0.3, 0.4) is 0 Å². The Morgan fingerprint density at radius 1 is 1.07 bits per heavy atom. The van der Waals surface area contributed by atoms with E-state index in [1.807, 2.05) is 30.1 Å². The molecule has 2 aromatic heterocycles. The SMILES string of the molecule is C[n+]1ccc(-c2cc(F)cc(-c3ncnc(C45CCC(CC4)CC5)n3)c2)[nH]1. The molecule has 3 aliphatic carbocycles. The molecule has 3 saturated carbocycles. The van der Waals surface area contributed by atoms with Gasteiger partial charge in [-0.2, -0.15) is 5.10 Å². The Labute approximate surface area is 157 Å². The molecule has 0 amide bonds. The molecule has 2 heterocycles. The molecular formula is C21H23FN5+. The first-order valence-corrected chi connectivity index (χ1v) is 9.67. The summed E-state index contributed by atoms with van der Waals surface area (Å²) in [5.41, 5.74) is 2.42. The van der Waals surface area contributed by atoms with Gasteiger partial charge in [-0.1, -0.05) is 0 Å². The normalized spacial score (nSPS) is 24.3. The Morgan fingerprint density at radius 3 is 2.52 bits per heavy atom. The molecule has 0 atom stereocenters. The van der Waals surface area contributed by atoms with Crippen LogP contribution in [0.25, 0.3) is 22.6 Å². The molecule has 3 fully saturated rings. The average molecular weight is 364 g/mol. The summed E-state index contributed by atoms with van der Waals surface area (Å²) < 4.78 is 16.1. The fraction of sp³-hybridized carbons (Fsp3) is 0.429. The highest BCUT2D eigenvalue weighted by molar-refractivity contribution is 5.67. The topological polar surface area (TPSA) is 58.3 Å². The van der Waals surface area contributed by atoms with Crippen molar-refractivity contribution in [3.63, 3.8) is 0 Å². The maximum absolute atomic E-state index is 14.3. The van der Waals surface area contributed by atoms with E-state index >= 15 is 0 Å². The number of aromatic nitrogens is 5. The minimum Gasteiger partial charge on any atom is -0.221 e. The van der Waals surface area contributed by atoms with E-state index in [-0.39, 0.29) is 11.2 Å². The maximum Gasteiger partial charge on any atom is 0.195 e. The van der Waals surface area contributed by atoms with Crippen LogP contribution in [0.1, 0.15) is 44.3 Å². The number of nitrogens with zero attached hydrogens (tertiary/aromatic N) is 4. The number of nitrogens with one attached hydrogen (secondary N) is 1. The minimum atomic E-state index is -0.293. The molecule has 3 aromatic rings. The fourth-order valence-corrected chi connectivity index (χ4v) is 4.76. The quantitative estimate of drug-likeness (QED) is 0.721. The van der Waals surface area contributed by atoms with Gasteiger partial charge >= 0.3 is 0 Å². The first-order valence-electron chi connectivity index (χ1n) is 9.67. The van der Waals surface area contributed by atoms with Gasteiger partial charge in [0, 0.05) is 22.6 Å². The Bertz CT molecular complexity index is 974. The highest BCUT2D eigenvalue weighted by Crippen LogP contribution is 2.50. The number of hydrogen-bond donors (Lipinski definition) is 1. The van der Waals surface area contributed by atoms with Crippen molar-refractivity contribution in [1.82, 2.24) is 20.1 Å². The third kappa shape index (κ3) is 2.93. The van der Waals surface area contributed by atoms with Gasteiger partial charge < -0.3 is 0 Å². The largest absolute Gasteiger partial charge is 0.221 e. The lowest BCUT2D eigenvalue weighted by Crippen LogP contribution is -2.39. The van der Waals surface area contributed by atoms with E-state index in [1.54, 1.807) is 6.33 Å². The van der Waals surface area contributed by atoms with Crippen LogP contribution in [0.4, 0.5) is 4.39 Å². The molecule has 0 radical (unpaired) electrons. The van der Waals surface area contributed by atoms with Crippen LogP contribution in [0.5, 0.6) is 0 Å².